The van der Waals surface area contributed by atoms with E-state index in [1.165, 1.54) is 24.3 Å². The van der Waals surface area contributed by atoms with Gasteiger partial charge in [0, 0.05) is 19.3 Å². The van der Waals surface area contributed by atoms with Gasteiger partial charge in [-0.3, -0.25) is 0 Å². The van der Waals surface area contributed by atoms with Crippen molar-refractivity contribution in [1.29, 1.82) is 0 Å². The van der Waals surface area contributed by atoms with Crippen LogP contribution in [-0.2, 0) is 31.1 Å². The van der Waals surface area contributed by atoms with Crippen molar-refractivity contribution in [2.24, 2.45) is 0 Å². The first kappa shape index (κ1) is 22.9. The standard InChI is InChI=1S/C20H26N2O6S2/c1-14-3-7-17(8-4-14)30(26,27)22-12-19-20(23)18(13-28-19)21-11-15-5-9-16(10-6-15)29(2,24)25/h3-10,18-23H,11-13H2,1-2H3. The lowest BCUT2D eigenvalue weighted by Crippen LogP contribution is -2.44. The Bertz CT molecular complexity index is 1070. The van der Waals surface area contributed by atoms with Crippen molar-refractivity contribution in [2.45, 2.75) is 41.5 Å². The Labute approximate surface area is 177 Å². The fourth-order valence-electron chi connectivity index (χ4n) is 3.14. The molecule has 0 saturated carbocycles. The minimum absolute atomic E-state index is 0.0430. The van der Waals surface area contributed by atoms with Gasteiger partial charge >= 0.3 is 0 Å². The van der Waals surface area contributed by atoms with Gasteiger partial charge in [0.2, 0.25) is 10.0 Å². The molecular weight excluding hydrogens is 428 g/mol. The second kappa shape index (κ2) is 9.13. The number of rotatable bonds is 8. The Morgan fingerprint density at radius 3 is 2.20 bits per heavy atom. The zero-order valence-electron chi connectivity index (χ0n) is 16.8. The van der Waals surface area contributed by atoms with Gasteiger partial charge in [0.1, 0.15) is 0 Å². The minimum Gasteiger partial charge on any atom is -0.389 e. The third-order valence-corrected chi connectivity index (χ3v) is 7.58. The highest BCUT2D eigenvalue weighted by Crippen LogP contribution is 2.17. The first-order valence-electron chi connectivity index (χ1n) is 9.45. The summed E-state index contributed by atoms with van der Waals surface area (Å²) in [6, 6.07) is 12.6. The van der Waals surface area contributed by atoms with Crippen LogP contribution in [0.5, 0.6) is 0 Å². The van der Waals surface area contributed by atoms with E-state index in [4.69, 9.17) is 4.74 Å². The number of sulfonamides is 1. The lowest BCUT2D eigenvalue weighted by Gasteiger charge is -2.19. The van der Waals surface area contributed by atoms with Gasteiger partial charge in [0.25, 0.3) is 0 Å². The summed E-state index contributed by atoms with van der Waals surface area (Å²) >= 11 is 0. The summed E-state index contributed by atoms with van der Waals surface area (Å²) in [4.78, 5) is 0.407. The van der Waals surface area contributed by atoms with Gasteiger partial charge in [-0.25, -0.2) is 21.6 Å². The molecular formula is C20H26N2O6S2. The molecule has 2 aromatic carbocycles. The highest BCUT2D eigenvalue weighted by molar-refractivity contribution is 7.90. The van der Waals surface area contributed by atoms with E-state index in [2.05, 4.69) is 10.0 Å². The smallest absolute Gasteiger partial charge is 0.240 e. The predicted molar refractivity (Wildman–Crippen MR) is 112 cm³/mol. The van der Waals surface area contributed by atoms with Crippen molar-refractivity contribution in [1.82, 2.24) is 10.0 Å². The molecule has 10 heteroatoms. The molecule has 0 radical (unpaired) electrons. The number of hydrogen-bond acceptors (Lipinski definition) is 7. The molecule has 30 heavy (non-hydrogen) atoms. The van der Waals surface area contributed by atoms with E-state index in [1.54, 1.807) is 24.3 Å². The molecule has 3 atom stereocenters. The van der Waals surface area contributed by atoms with E-state index in [0.717, 1.165) is 17.4 Å². The summed E-state index contributed by atoms with van der Waals surface area (Å²) in [5.74, 6) is 0. The topological polar surface area (TPSA) is 122 Å². The second-order valence-corrected chi connectivity index (χ2v) is 11.2. The fraction of sp³-hybridized carbons (Fsp3) is 0.400. The number of aliphatic hydroxyl groups excluding tert-OH is 1. The molecule has 0 aliphatic carbocycles. The molecule has 0 spiro atoms. The van der Waals surface area contributed by atoms with Crippen LogP contribution in [0.1, 0.15) is 11.1 Å². The van der Waals surface area contributed by atoms with Crippen molar-refractivity contribution < 1.29 is 26.7 Å². The molecule has 3 rings (SSSR count). The Hall–Kier alpha value is -1.82. The van der Waals surface area contributed by atoms with Gasteiger partial charge in [0.15, 0.2) is 9.84 Å². The van der Waals surface area contributed by atoms with E-state index in [9.17, 15) is 21.9 Å². The first-order valence-corrected chi connectivity index (χ1v) is 12.8. The van der Waals surface area contributed by atoms with Crippen LogP contribution in [-0.4, -0.2) is 59.6 Å². The highest BCUT2D eigenvalue weighted by Gasteiger charge is 2.36. The highest BCUT2D eigenvalue weighted by atomic mass is 32.2. The van der Waals surface area contributed by atoms with E-state index < -0.39 is 32.1 Å². The lowest BCUT2D eigenvalue weighted by atomic mass is 10.1. The molecule has 1 aliphatic rings. The summed E-state index contributed by atoms with van der Waals surface area (Å²) in [6.45, 7) is 2.48. The molecule has 0 amide bonds. The van der Waals surface area contributed by atoms with Crippen LogP contribution in [0.15, 0.2) is 58.3 Å². The van der Waals surface area contributed by atoms with Crippen molar-refractivity contribution in [3.8, 4) is 0 Å². The Morgan fingerprint density at radius 1 is 1.00 bits per heavy atom. The van der Waals surface area contributed by atoms with Crippen molar-refractivity contribution in [3.63, 3.8) is 0 Å². The van der Waals surface area contributed by atoms with E-state index >= 15 is 0 Å². The van der Waals surface area contributed by atoms with Gasteiger partial charge in [-0.05, 0) is 36.8 Å². The molecule has 164 valence electrons. The molecule has 1 aliphatic heterocycles. The summed E-state index contributed by atoms with van der Waals surface area (Å²) in [5.41, 5.74) is 1.82. The van der Waals surface area contributed by atoms with Gasteiger partial charge in [-0.2, -0.15) is 0 Å². The zero-order valence-corrected chi connectivity index (χ0v) is 18.4. The molecule has 0 bridgehead atoms. The van der Waals surface area contributed by atoms with Crippen LogP contribution in [0.25, 0.3) is 0 Å². The largest absolute Gasteiger partial charge is 0.389 e. The van der Waals surface area contributed by atoms with E-state index in [0.29, 0.717) is 6.54 Å². The van der Waals surface area contributed by atoms with Gasteiger partial charge in [0.05, 0.1) is 34.6 Å². The fourth-order valence-corrected chi connectivity index (χ4v) is 4.81. The van der Waals surface area contributed by atoms with Crippen LogP contribution >= 0.6 is 0 Å². The average Bonchev–Trinajstić information content (AvgIpc) is 3.04. The van der Waals surface area contributed by atoms with Gasteiger partial charge in [-0.15, -0.1) is 0 Å². The quantitative estimate of drug-likeness (QED) is 0.534. The second-order valence-electron chi connectivity index (χ2n) is 7.43. The number of nitrogens with one attached hydrogen (secondary N) is 2. The van der Waals surface area contributed by atoms with Crippen LogP contribution < -0.4 is 10.0 Å². The minimum atomic E-state index is -3.69. The van der Waals surface area contributed by atoms with E-state index in [1.807, 2.05) is 6.92 Å². The molecule has 8 nitrogen and oxygen atoms in total. The third kappa shape index (κ3) is 5.65. The maximum absolute atomic E-state index is 12.4. The summed E-state index contributed by atoms with van der Waals surface area (Å²) in [5, 5.41) is 13.6. The molecule has 2 aromatic rings. The Morgan fingerprint density at radius 2 is 1.60 bits per heavy atom. The average molecular weight is 455 g/mol. The normalized spacial score (nSPS) is 22.3. The molecule has 3 unspecified atom stereocenters. The van der Waals surface area contributed by atoms with Crippen molar-refractivity contribution in [2.75, 3.05) is 19.4 Å². The van der Waals surface area contributed by atoms with Crippen LogP contribution in [0.2, 0.25) is 0 Å². The molecule has 1 saturated heterocycles. The SMILES string of the molecule is Cc1ccc(S(=O)(=O)NCC2OCC(NCc3ccc(S(C)(=O)=O)cc3)C2O)cc1. The summed E-state index contributed by atoms with van der Waals surface area (Å²) in [7, 11) is -6.93. The van der Waals surface area contributed by atoms with E-state index in [-0.39, 0.29) is 29.0 Å². The predicted octanol–water partition coefficient (Wildman–Crippen LogP) is 0.595. The number of hydrogen-bond donors (Lipinski definition) is 3. The maximum atomic E-state index is 12.4. The number of ether oxygens (including phenoxy) is 1. The van der Waals surface area contributed by atoms with Crippen LogP contribution in [0.4, 0.5) is 0 Å². The number of sulfone groups is 1. The monoisotopic (exact) mass is 454 g/mol. The van der Waals surface area contributed by atoms with Crippen molar-refractivity contribution in [3.05, 3.63) is 59.7 Å². The molecule has 1 fully saturated rings. The van der Waals surface area contributed by atoms with Gasteiger partial charge in [-0.1, -0.05) is 29.8 Å². The number of aliphatic hydroxyl groups is 1. The Balaban J connectivity index is 1.52. The third-order valence-electron chi connectivity index (χ3n) is 5.01. The Kier molecular flexibility index (Phi) is 6.95. The number of benzene rings is 2. The summed E-state index contributed by atoms with van der Waals surface area (Å²) in [6.07, 6.45) is -0.406. The lowest BCUT2D eigenvalue weighted by molar-refractivity contribution is 0.0443. The molecule has 3 N–H and O–H groups in total. The van der Waals surface area contributed by atoms with Crippen molar-refractivity contribution >= 4 is 19.9 Å². The summed E-state index contributed by atoms with van der Waals surface area (Å²) < 4.78 is 55.9. The van der Waals surface area contributed by atoms with Crippen LogP contribution in [0.3, 0.4) is 0 Å². The molecule has 1 heterocycles. The first-order chi connectivity index (χ1) is 14.1. The van der Waals surface area contributed by atoms with Gasteiger partial charge < -0.3 is 15.2 Å². The van der Waals surface area contributed by atoms with Crippen LogP contribution in [0, 0.1) is 6.92 Å². The molecule has 0 aromatic heterocycles. The number of aryl methyl sites for hydroxylation is 1. The maximum Gasteiger partial charge on any atom is 0.240 e. The zero-order chi connectivity index (χ0) is 21.9.